The van der Waals surface area contributed by atoms with Crippen molar-refractivity contribution in [3.05, 3.63) is 34.6 Å². The van der Waals surface area contributed by atoms with E-state index in [-0.39, 0.29) is 18.1 Å². The molecule has 5 heterocycles. The molecule has 0 unspecified atom stereocenters. The normalized spacial score (nSPS) is 23.1. The number of halogens is 1. The molecule has 0 spiro atoms. The van der Waals surface area contributed by atoms with E-state index in [2.05, 4.69) is 31.6 Å². The van der Waals surface area contributed by atoms with Crippen molar-refractivity contribution >= 4 is 38.8 Å². The number of anilines is 3. The smallest absolute Gasteiger partial charge is 0.161 e. The van der Waals surface area contributed by atoms with Crippen LogP contribution in [0, 0.1) is 0 Å². The molecule has 3 saturated heterocycles. The molecule has 9 nitrogen and oxygen atoms in total. The van der Waals surface area contributed by atoms with Crippen molar-refractivity contribution in [2.45, 2.75) is 31.4 Å². The number of benzene rings is 1. The first-order chi connectivity index (χ1) is 16.5. The second-order valence-electron chi connectivity index (χ2n) is 9.58. The Morgan fingerprint density at radius 2 is 1.82 bits per heavy atom. The maximum atomic E-state index is 11.9. The summed E-state index contributed by atoms with van der Waals surface area (Å²) in [4.78, 5) is 13.5. The molecule has 0 amide bonds. The lowest BCUT2D eigenvalue weighted by atomic mass is 9.88. The maximum Gasteiger partial charge on any atom is 0.161 e. The monoisotopic (exact) mass is 504 g/mol. The fraction of sp³-hybridized carbons (Fsp3) is 0.565. The van der Waals surface area contributed by atoms with Gasteiger partial charge in [-0.3, -0.25) is 4.90 Å². The Kier molecular flexibility index (Phi) is 5.79. The van der Waals surface area contributed by atoms with Crippen molar-refractivity contribution in [1.29, 1.82) is 0 Å². The van der Waals surface area contributed by atoms with E-state index >= 15 is 0 Å². The molecular formula is C23H29ClN6O3S. The zero-order chi connectivity index (χ0) is 23.3. The van der Waals surface area contributed by atoms with Gasteiger partial charge >= 0.3 is 0 Å². The summed E-state index contributed by atoms with van der Waals surface area (Å²) < 4.78 is 29.9. The van der Waals surface area contributed by atoms with E-state index < -0.39 is 9.84 Å². The van der Waals surface area contributed by atoms with Crippen LogP contribution in [0.25, 0.3) is 0 Å². The van der Waals surface area contributed by atoms with E-state index in [0.717, 1.165) is 56.1 Å². The van der Waals surface area contributed by atoms with Crippen LogP contribution in [0.15, 0.2) is 18.5 Å². The van der Waals surface area contributed by atoms with Crippen molar-refractivity contribution in [1.82, 2.24) is 20.2 Å². The average molecular weight is 505 g/mol. The lowest BCUT2D eigenvalue weighted by Gasteiger charge is -2.42. The molecule has 6 rings (SSSR count). The molecular weight excluding hydrogens is 476 g/mol. The number of ether oxygens (including phenoxy) is 1. The number of piperidine rings is 1. The standard InChI is InChI=1S/C23H29ClN6O3S/c24-19-9-16(15-1-3-29(4-2-15)17-11-25-12-17)10-20-21(19)33-13-18-22(28-20)26-14-27-23(18)30-5-7-34(31,32)8-6-30/h9-10,14-15,17,25H,1-8,11-13H2,(H,26,27,28). The lowest BCUT2D eigenvalue weighted by molar-refractivity contribution is 0.113. The zero-order valence-electron chi connectivity index (χ0n) is 19.0. The van der Waals surface area contributed by atoms with E-state index in [0.29, 0.717) is 41.6 Å². The van der Waals surface area contributed by atoms with E-state index in [9.17, 15) is 8.42 Å². The molecule has 4 aliphatic rings. The molecule has 1 aromatic carbocycles. The van der Waals surface area contributed by atoms with Crippen molar-refractivity contribution in [2.75, 3.05) is 61.0 Å². The number of likely N-dealkylation sites (tertiary alicyclic amines) is 1. The molecule has 34 heavy (non-hydrogen) atoms. The van der Waals surface area contributed by atoms with Gasteiger partial charge in [0.25, 0.3) is 0 Å². The van der Waals surface area contributed by atoms with Gasteiger partial charge in [-0.15, -0.1) is 0 Å². The zero-order valence-corrected chi connectivity index (χ0v) is 20.5. The first-order valence-corrected chi connectivity index (χ1v) is 14.1. The summed E-state index contributed by atoms with van der Waals surface area (Å²) in [6.07, 6.45) is 3.76. The van der Waals surface area contributed by atoms with Crippen LogP contribution < -0.4 is 20.3 Å². The highest BCUT2D eigenvalue weighted by Gasteiger charge is 2.31. The fourth-order valence-electron chi connectivity index (χ4n) is 5.33. The van der Waals surface area contributed by atoms with Crippen molar-refractivity contribution in [3.63, 3.8) is 0 Å². The fourth-order valence-corrected chi connectivity index (χ4v) is 6.82. The first kappa shape index (κ1) is 22.3. The number of nitrogens with zero attached hydrogens (tertiary/aromatic N) is 4. The highest BCUT2D eigenvalue weighted by molar-refractivity contribution is 7.91. The van der Waals surface area contributed by atoms with Gasteiger partial charge in [0, 0.05) is 32.2 Å². The second kappa shape index (κ2) is 8.82. The van der Waals surface area contributed by atoms with Gasteiger partial charge in [-0.05, 0) is 49.5 Å². The minimum atomic E-state index is -2.98. The first-order valence-electron chi connectivity index (χ1n) is 11.9. The van der Waals surface area contributed by atoms with Gasteiger partial charge in [-0.25, -0.2) is 18.4 Å². The quantitative estimate of drug-likeness (QED) is 0.651. The molecule has 2 N–H and O–H groups in total. The largest absolute Gasteiger partial charge is 0.485 e. The van der Waals surface area contributed by atoms with Crippen LogP contribution in [0.4, 0.5) is 17.3 Å². The molecule has 4 aliphatic heterocycles. The third-order valence-electron chi connectivity index (χ3n) is 7.52. The molecule has 11 heteroatoms. The average Bonchev–Trinajstić information content (AvgIpc) is 2.98. The Morgan fingerprint density at radius 3 is 2.53 bits per heavy atom. The molecule has 0 aliphatic carbocycles. The Hall–Kier alpha value is -2.14. The second-order valence-corrected chi connectivity index (χ2v) is 12.3. The Morgan fingerprint density at radius 1 is 1.06 bits per heavy atom. The van der Waals surface area contributed by atoms with Crippen LogP contribution >= 0.6 is 11.6 Å². The van der Waals surface area contributed by atoms with Gasteiger partial charge in [-0.1, -0.05) is 11.6 Å². The van der Waals surface area contributed by atoms with Crippen molar-refractivity contribution < 1.29 is 13.2 Å². The molecule has 0 saturated carbocycles. The molecule has 2 aromatic rings. The van der Waals surface area contributed by atoms with Crippen LogP contribution in [-0.4, -0.2) is 80.1 Å². The maximum absolute atomic E-state index is 11.9. The van der Waals surface area contributed by atoms with Crippen LogP contribution in [0.1, 0.15) is 29.9 Å². The van der Waals surface area contributed by atoms with Crippen LogP contribution in [0.3, 0.4) is 0 Å². The Bertz CT molecular complexity index is 1180. The van der Waals surface area contributed by atoms with Crippen LogP contribution in [-0.2, 0) is 16.4 Å². The highest BCUT2D eigenvalue weighted by Crippen LogP contribution is 2.43. The van der Waals surface area contributed by atoms with E-state index in [4.69, 9.17) is 16.3 Å². The summed E-state index contributed by atoms with van der Waals surface area (Å²) in [5.41, 5.74) is 2.86. The van der Waals surface area contributed by atoms with E-state index in [1.165, 1.54) is 11.9 Å². The van der Waals surface area contributed by atoms with Gasteiger partial charge in [0.2, 0.25) is 0 Å². The molecule has 1 aromatic heterocycles. The number of sulfone groups is 1. The summed E-state index contributed by atoms with van der Waals surface area (Å²) in [7, 11) is -2.98. The predicted molar refractivity (Wildman–Crippen MR) is 132 cm³/mol. The van der Waals surface area contributed by atoms with Gasteiger partial charge in [0.1, 0.15) is 24.6 Å². The number of hydrogen-bond acceptors (Lipinski definition) is 9. The molecule has 3 fully saturated rings. The molecule has 0 bridgehead atoms. The number of nitrogens with one attached hydrogen (secondary N) is 2. The van der Waals surface area contributed by atoms with Crippen molar-refractivity contribution in [3.8, 4) is 5.75 Å². The lowest BCUT2D eigenvalue weighted by Crippen LogP contribution is -2.58. The van der Waals surface area contributed by atoms with Gasteiger partial charge in [0.15, 0.2) is 15.6 Å². The Labute approximate surface area is 204 Å². The minimum absolute atomic E-state index is 0.131. The van der Waals surface area contributed by atoms with Crippen LogP contribution in [0.5, 0.6) is 5.75 Å². The van der Waals surface area contributed by atoms with E-state index in [1.54, 1.807) is 0 Å². The number of rotatable bonds is 3. The predicted octanol–water partition coefficient (Wildman–Crippen LogP) is 2.15. The third kappa shape index (κ3) is 4.21. The number of fused-ring (bicyclic) bond motifs is 2. The van der Waals surface area contributed by atoms with Gasteiger partial charge in [0.05, 0.1) is 27.8 Å². The number of aromatic nitrogens is 2. The van der Waals surface area contributed by atoms with Gasteiger partial charge in [-0.2, -0.15) is 0 Å². The Balaban J connectivity index is 1.24. The summed E-state index contributed by atoms with van der Waals surface area (Å²) >= 11 is 6.72. The molecule has 0 radical (unpaired) electrons. The van der Waals surface area contributed by atoms with Gasteiger partial charge < -0.3 is 20.3 Å². The highest BCUT2D eigenvalue weighted by atomic mass is 35.5. The SMILES string of the molecule is O=S1(=O)CCN(c2ncnc3c2COc2c(Cl)cc(C4CCN(C5CNC5)CC4)cc2N3)CC1. The summed E-state index contributed by atoms with van der Waals surface area (Å²) in [5.74, 6) is 2.74. The minimum Gasteiger partial charge on any atom is -0.485 e. The molecule has 182 valence electrons. The molecule has 0 atom stereocenters. The van der Waals surface area contributed by atoms with E-state index in [1.807, 2.05) is 11.0 Å². The number of hydrogen-bond donors (Lipinski definition) is 2. The van der Waals surface area contributed by atoms with Crippen LogP contribution in [0.2, 0.25) is 5.02 Å². The van der Waals surface area contributed by atoms with Crippen molar-refractivity contribution in [2.24, 2.45) is 0 Å². The summed E-state index contributed by atoms with van der Waals surface area (Å²) in [6.45, 7) is 5.53. The summed E-state index contributed by atoms with van der Waals surface area (Å²) in [6, 6.07) is 4.89. The topological polar surface area (TPSA) is 99.7 Å². The summed E-state index contributed by atoms with van der Waals surface area (Å²) in [5, 5.41) is 7.40. The third-order valence-corrected chi connectivity index (χ3v) is 9.41.